The fraction of sp³-hybridized carbons (Fsp3) is 0.533. The molecule has 0 N–H and O–H groups in total. The van der Waals surface area contributed by atoms with Gasteiger partial charge in [-0.15, -0.1) is 0 Å². The molecular weight excluding hydrogens is 256 g/mol. The number of nitriles is 1. The minimum absolute atomic E-state index is 0.572. The average Bonchev–Trinajstić information content (AvgIpc) is 2.52. The minimum Gasteiger partial charge on any atom is -0.493 e. The quantitative estimate of drug-likeness (QED) is 0.740. The lowest BCUT2D eigenvalue weighted by Crippen LogP contribution is -2.37. The van der Waals surface area contributed by atoms with Gasteiger partial charge in [0.2, 0.25) is 0 Å². The molecule has 5 nitrogen and oxygen atoms in total. The number of hydrogen-bond donors (Lipinski definition) is 0. The number of nitrogens with zero attached hydrogens (tertiary/aromatic N) is 2. The van der Waals surface area contributed by atoms with E-state index in [0.717, 1.165) is 39.3 Å². The lowest BCUT2D eigenvalue weighted by Gasteiger charge is -2.26. The highest BCUT2D eigenvalue weighted by Gasteiger charge is 2.10. The molecule has 2 rings (SSSR count). The summed E-state index contributed by atoms with van der Waals surface area (Å²) in [5, 5.41) is 8.84. The van der Waals surface area contributed by atoms with Crippen LogP contribution < -0.4 is 9.47 Å². The Hall–Kier alpha value is -1.77. The van der Waals surface area contributed by atoms with Crippen molar-refractivity contribution < 1.29 is 14.2 Å². The van der Waals surface area contributed by atoms with E-state index in [1.54, 1.807) is 25.3 Å². The molecule has 5 heteroatoms. The van der Waals surface area contributed by atoms with Gasteiger partial charge in [0.1, 0.15) is 0 Å². The van der Waals surface area contributed by atoms with Crippen LogP contribution in [-0.2, 0) is 4.74 Å². The van der Waals surface area contributed by atoms with Gasteiger partial charge >= 0.3 is 0 Å². The second-order valence-electron chi connectivity index (χ2n) is 4.63. The molecule has 1 aromatic rings. The molecule has 108 valence electrons. The summed E-state index contributed by atoms with van der Waals surface area (Å²) < 4.78 is 16.3. The van der Waals surface area contributed by atoms with Gasteiger partial charge in [0.25, 0.3) is 0 Å². The lowest BCUT2D eigenvalue weighted by atomic mass is 10.2. The Morgan fingerprint density at radius 3 is 2.80 bits per heavy atom. The zero-order chi connectivity index (χ0) is 14.2. The molecule has 0 saturated carbocycles. The van der Waals surface area contributed by atoms with Crippen LogP contribution in [0.2, 0.25) is 0 Å². The van der Waals surface area contributed by atoms with Gasteiger partial charge in [-0.25, -0.2) is 0 Å². The van der Waals surface area contributed by atoms with Crippen molar-refractivity contribution in [2.45, 2.75) is 6.42 Å². The lowest BCUT2D eigenvalue weighted by molar-refractivity contribution is 0.0357. The van der Waals surface area contributed by atoms with Gasteiger partial charge in [-0.3, -0.25) is 4.90 Å². The van der Waals surface area contributed by atoms with Gasteiger partial charge in [-0.1, -0.05) is 0 Å². The standard InChI is InChI=1S/C15H20N2O3/c1-18-15-11-13(12-16)3-4-14(15)20-8-2-5-17-6-9-19-10-7-17/h3-4,11H,2,5-10H2,1H3. The van der Waals surface area contributed by atoms with E-state index in [4.69, 9.17) is 19.5 Å². The predicted octanol–water partition coefficient (Wildman–Crippen LogP) is 1.67. The molecule has 1 saturated heterocycles. The van der Waals surface area contributed by atoms with Crippen LogP contribution in [-0.4, -0.2) is 51.5 Å². The van der Waals surface area contributed by atoms with Gasteiger partial charge in [0, 0.05) is 25.7 Å². The maximum absolute atomic E-state index is 8.84. The predicted molar refractivity (Wildman–Crippen MR) is 75.1 cm³/mol. The molecule has 0 unspecified atom stereocenters. The maximum Gasteiger partial charge on any atom is 0.162 e. The Morgan fingerprint density at radius 1 is 1.30 bits per heavy atom. The third-order valence-electron chi connectivity index (χ3n) is 3.27. The van der Waals surface area contributed by atoms with Crippen molar-refractivity contribution in [3.8, 4) is 17.6 Å². The Balaban J connectivity index is 1.77. The molecule has 1 aliphatic rings. The van der Waals surface area contributed by atoms with Gasteiger partial charge in [-0.2, -0.15) is 5.26 Å². The molecule has 0 aromatic heterocycles. The molecule has 0 aliphatic carbocycles. The van der Waals surface area contributed by atoms with Gasteiger partial charge in [0.05, 0.1) is 38.6 Å². The van der Waals surface area contributed by atoms with Gasteiger partial charge in [0.15, 0.2) is 11.5 Å². The van der Waals surface area contributed by atoms with Crippen molar-refractivity contribution in [2.24, 2.45) is 0 Å². The molecule has 1 heterocycles. The maximum atomic E-state index is 8.84. The van der Waals surface area contributed by atoms with Crippen molar-refractivity contribution in [1.29, 1.82) is 5.26 Å². The van der Waals surface area contributed by atoms with E-state index in [9.17, 15) is 0 Å². The summed E-state index contributed by atoms with van der Waals surface area (Å²) in [5.41, 5.74) is 0.572. The molecule has 0 atom stereocenters. The zero-order valence-corrected chi connectivity index (χ0v) is 11.8. The molecule has 0 spiro atoms. The molecule has 0 radical (unpaired) electrons. The molecule has 0 bridgehead atoms. The fourth-order valence-corrected chi connectivity index (χ4v) is 2.15. The van der Waals surface area contributed by atoms with E-state index in [-0.39, 0.29) is 0 Å². The van der Waals surface area contributed by atoms with Crippen LogP contribution in [0.1, 0.15) is 12.0 Å². The van der Waals surface area contributed by atoms with Gasteiger partial charge in [-0.05, 0) is 18.6 Å². The number of rotatable bonds is 6. The Kier molecular flexibility index (Phi) is 5.66. The summed E-state index contributed by atoms with van der Waals surface area (Å²) in [6.45, 7) is 5.30. The van der Waals surface area contributed by atoms with Crippen molar-refractivity contribution in [3.05, 3.63) is 23.8 Å². The Morgan fingerprint density at radius 2 is 2.10 bits per heavy atom. The summed E-state index contributed by atoms with van der Waals surface area (Å²) in [7, 11) is 1.58. The van der Waals surface area contributed by atoms with E-state index in [2.05, 4.69) is 11.0 Å². The van der Waals surface area contributed by atoms with E-state index in [1.807, 2.05) is 0 Å². The topological polar surface area (TPSA) is 54.7 Å². The van der Waals surface area contributed by atoms with E-state index in [1.165, 1.54) is 0 Å². The first-order valence-electron chi connectivity index (χ1n) is 6.84. The summed E-state index contributed by atoms with van der Waals surface area (Å²) in [6.07, 6.45) is 0.961. The molecular formula is C15H20N2O3. The van der Waals surface area contributed by atoms with Crippen molar-refractivity contribution >= 4 is 0 Å². The largest absolute Gasteiger partial charge is 0.493 e. The number of methoxy groups -OCH3 is 1. The Bertz CT molecular complexity index is 465. The minimum atomic E-state index is 0.572. The van der Waals surface area contributed by atoms with E-state index < -0.39 is 0 Å². The van der Waals surface area contributed by atoms with Crippen LogP contribution in [0.25, 0.3) is 0 Å². The molecule has 1 aliphatic heterocycles. The summed E-state index contributed by atoms with van der Waals surface area (Å²) >= 11 is 0. The molecule has 20 heavy (non-hydrogen) atoms. The second-order valence-corrected chi connectivity index (χ2v) is 4.63. The van der Waals surface area contributed by atoms with Crippen molar-refractivity contribution in [2.75, 3.05) is 46.6 Å². The van der Waals surface area contributed by atoms with Crippen LogP contribution in [0, 0.1) is 11.3 Å². The first-order chi connectivity index (χ1) is 9.83. The monoisotopic (exact) mass is 276 g/mol. The third-order valence-corrected chi connectivity index (χ3v) is 3.27. The summed E-state index contributed by atoms with van der Waals surface area (Å²) in [4.78, 5) is 2.38. The van der Waals surface area contributed by atoms with Crippen molar-refractivity contribution in [3.63, 3.8) is 0 Å². The fourth-order valence-electron chi connectivity index (χ4n) is 2.15. The van der Waals surface area contributed by atoms with Crippen LogP contribution >= 0.6 is 0 Å². The average molecular weight is 276 g/mol. The zero-order valence-electron chi connectivity index (χ0n) is 11.8. The third kappa shape index (κ3) is 4.12. The smallest absolute Gasteiger partial charge is 0.162 e. The van der Waals surface area contributed by atoms with E-state index in [0.29, 0.717) is 23.7 Å². The molecule has 1 aromatic carbocycles. The number of ether oxygens (including phenoxy) is 3. The summed E-state index contributed by atoms with van der Waals surface area (Å²) in [5.74, 6) is 1.30. The van der Waals surface area contributed by atoms with E-state index >= 15 is 0 Å². The highest BCUT2D eigenvalue weighted by Crippen LogP contribution is 2.27. The number of benzene rings is 1. The van der Waals surface area contributed by atoms with Crippen LogP contribution in [0.15, 0.2) is 18.2 Å². The van der Waals surface area contributed by atoms with Crippen LogP contribution in [0.3, 0.4) is 0 Å². The number of hydrogen-bond acceptors (Lipinski definition) is 5. The molecule has 0 amide bonds. The first-order valence-corrected chi connectivity index (χ1v) is 6.84. The summed E-state index contributed by atoms with van der Waals surface area (Å²) in [6, 6.07) is 7.30. The highest BCUT2D eigenvalue weighted by molar-refractivity contribution is 5.46. The second kappa shape index (κ2) is 7.73. The molecule has 1 fully saturated rings. The highest BCUT2D eigenvalue weighted by atomic mass is 16.5. The van der Waals surface area contributed by atoms with Crippen LogP contribution in [0.5, 0.6) is 11.5 Å². The normalized spacial score (nSPS) is 15.6. The Labute approximate surface area is 119 Å². The SMILES string of the molecule is COc1cc(C#N)ccc1OCCCN1CCOCC1. The van der Waals surface area contributed by atoms with Crippen LogP contribution in [0.4, 0.5) is 0 Å². The number of morpholine rings is 1. The van der Waals surface area contributed by atoms with Gasteiger partial charge < -0.3 is 14.2 Å². The van der Waals surface area contributed by atoms with Crippen molar-refractivity contribution in [1.82, 2.24) is 4.90 Å². The first kappa shape index (κ1) is 14.6.